The molecule has 2 N–H and O–H groups in total. The van der Waals surface area contributed by atoms with Crippen LogP contribution < -0.4 is 10.5 Å². The third-order valence-corrected chi connectivity index (χ3v) is 3.86. The van der Waals surface area contributed by atoms with E-state index in [4.69, 9.17) is 10.5 Å². The Morgan fingerprint density at radius 3 is 2.90 bits per heavy atom. The summed E-state index contributed by atoms with van der Waals surface area (Å²) in [5.41, 5.74) is 9.58. The average Bonchev–Trinajstić information content (AvgIpc) is 2.85. The SMILES string of the molecule is COc1cccc2c1CN(Cc1ccccn1)C2CN. The van der Waals surface area contributed by atoms with Gasteiger partial charge in [-0.25, -0.2) is 0 Å². The van der Waals surface area contributed by atoms with Gasteiger partial charge in [0.05, 0.1) is 12.8 Å². The van der Waals surface area contributed by atoms with Gasteiger partial charge in [0.25, 0.3) is 0 Å². The molecule has 0 fully saturated rings. The van der Waals surface area contributed by atoms with Gasteiger partial charge in [0.1, 0.15) is 5.75 Å². The van der Waals surface area contributed by atoms with Crippen LogP contribution in [0.4, 0.5) is 0 Å². The van der Waals surface area contributed by atoms with Gasteiger partial charge in [0.15, 0.2) is 0 Å². The summed E-state index contributed by atoms with van der Waals surface area (Å²) in [6.45, 7) is 2.27. The Balaban J connectivity index is 1.88. The van der Waals surface area contributed by atoms with Crippen LogP contribution in [0, 0.1) is 0 Å². The second-order valence-electron chi connectivity index (χ2n) is 5.01. The minimum atomic E-state index is 0.238. The fourth-order valence-electron chi connectivity index (χ4n) is 2.91. The van der Waals surface area contributed by atoms with Gasteiger partial charge in [-0.05, 0) is 23.8 Å². The van der Waals surface area contributed by atoms with Crippen molar-refractivity contribution in [2.24, 2.45) is 5.73 Å². The van der Waals surface area contributed by atoms with Crippen molar-refractivity contribution in [3.05, 3.63) is 59.4 Å². The molecular formula is C16H19N3O. The van der Waals surface area contributed by atoms with E-state index >= 15 is 0 Å². The first-order valence-corrected chi connectivity index (χ1v) is 6.83. The monoisotopic (exact) mass is 269 g/mol. The Bertz CT molecular complexity index is 586. The summed E-state index contributed by atoms with van der Waals surface area (Å²) >= 11 is 0. The topological polar surface area (TPSA) is 51.4 Å². The highest BCUT2D eigenvalue weighted by Gasteiger charge is 2.31. The van der Waals surface area contributed by atoms with Crippen LogP contribution in [0.5, 0.6) is 5.75 Å². The van der Waals surface area contributed by atoms with Crippen LogP contribution in [-0.2, 0) is 13.1 Å². The minimum absolute atomic E-state index is 0.238. The van der Waals surface area contributed by atoms with E-state index in [1.807, 2.05) is 36.5 Å². The molecule has 1 unspecified atom stereocenters. The zero-order chi connectivity index (χ0) is 13.9. The fraction of sp³-hybridized carbons (Fsp3) is 0.312. The maximum atomic E-state index is 5.98. The number of benzene rings is 1. The summed E-state index contributed by atoms with van der Waals surface area (Å²) in [4.78, 5) is 6.76. The standard InChI is InChI=1S/C16H19N3O/c1-20-16-7-4-6-13-14(16)11-19(15(13)9-17)10-12-5-2-3-8-18-12/h2-8,15H,9-11,17H2,1H3. The first kappa shape index (κ1) is 13.1. The molecule has 1 aliphatic rings. The summed E-state index contributed by atoms with van der Waals surface area (Å²) in [5, 5.41) is 0. The lowest BCUT2D eigenvalue weighted by Crippen LogP contribution is -2.27. The van der Waals surface area contributed by atoms with Crippen LogP contribution >= 0.6 is 0 Å². The first-order valence-electron chi connectivity index (χ1n) is 6.83. The molecule has 4 nitrogen and oxygen atoms in total. The van der Waals surface area contributed by atoms with Crippen LogP contribution in [-0.4, -0.2) is 23.5 Å². The van der Waals surface area contributed by atoms with Crippen molar-refractivity contribution in [1.82, 2.24) is 9.88 Å². The van der Waals surface area contributed by atoms with Crippen LogP contribution in [0.2, 0.25) is 0 Å². The number of hydrogen-bond acceptors (Lipinski definition) is 4. The largest absolute Gasteiger partial charge is 0.496 e. The van der Waals surface area contributed by atoms with Crippen molar-refractivity contribution in [1.29, 1.82) is 0 Å². The van der Waals surface area contributed by atoms with Crippen molar-refractivity contribution < 1.29 is 4.74 Å². The summed E-state index contributed by atoms with van der Waals surface area (Å²) in [6.07, 6.45) is 1.83. The van der Waals surface area contributed by atoms with E-state index in [2.05, 4.69) is 16.0 Å². The zero-order valence-corrected chi connectivity index (χ0v) is 11.6. The highest BCUT2D eigenvalue weighted by molar-refractivity contribution is 5.45. The van der Waals surface area contributed by atoms with Crippen molar-refractivity contribution in [2.45, 2.75) is 19.1 Å². The quantitative estimate of drug-likeness (QED) is 0.923. The molecule has 3 rings (SSSR count). The van der Waals surface area contributed by atoms with Gasteiger partial charge in [0, 0.05) is 37.4 Å². The van der Waals surface area contributed by atoms with Gasteiger partial charge >= 0.3 is 0 Å². The number of fused-ring (bicyclic) bond motifs is 1. The van der Waals surface area contributed by atoms with E-state index in [1.54, 1.807) is 7.11 Å². The molecule has 1 aromatic carbocycles. The van der Waals surface area contributed by atoms with Crippen molar-refractivity contribution >= 4 is 0 Å². The Morgan fingerprint density at radius 1 is 1.30 bits per heavy atom. The summed E-state index contributed by atoms with van der Waals surface area (Å²) in [6, 6.07) is 12.4. The molecule has 0 saturated heterocycles. The predicted molar refractivity (Wildman–Crippen MR) is 78.3 cm³/mol. The van der Waals surface area contributed by atoms with Crippen molar-refractivity contribution in [3.63, 3.8) is 0 Å². The molecule has 1 aromatic heterocycles. The number of nitrogens with two attached hydrogens (primary N) is 1. The number of hydrogen-bond donors (Lipinski definition) is 1. The second kappa shape index (κ2) is 5.61. The number of aromatic nitrogens is 1. The molecule has 1 atom stereocenters. The van der Waals surface area contributed by atoms with Crippen LogP contribution in [0.25, 0.3) is 0 Å². The van der Waals surface area contributed by atoms with Crippen molar-refractivity contribution in [3.8, 4) is 5.75 Å². The first-order chi connectivity index (χ1) is 9.83. The predicted octanol–water partition coefficient (Wildman–Crippen LogP) is 2.11. The van der Waals surface area contributed by atoms with E-state index in [-0.39, 0.29) is 6.04 Å². The molecule has 0 spiro atoms. The number of ether oxygens (including phenoxy) is 1. The molecular weight excluding hydrogens is 250 g/mol. The van der Waals surface area contributed by atoms with Gasteiger partial charge in [0.2, 0.25) is 0 Å². The van der Waals surface area contributed by atoms with Gasteiger partial charge < -0.3 is 10.5 Å². The number of methoxy groups -OCH3 is 1. The Kier molecular flexibility index (Phi) is 3.67. The lowest BCUT2D eigenvalue weighted by molar-refractivity contribution is 0.207. The molecule has 0 radical (unpaired) electrons. The molecule has 104 valence electrons. The summed E-state index contributed by atoms with van der Waals surface area (Å²) < 4.78 is 5.47. The highest BCUT2D eigenvalue weighted by atomic mass is 16.5. The summed E-state index contributed by atoms with van der Waals surface area (Å²) in [5.74, 6) is 0.949. The molecule has 0 bridgehead atoms. The van der Waals surface area contributed by atoms with Gasteiger partial charge in [-0.3, -0.25) is 9.88 Å². The summed E-state index contributed by atoms with van der Waals surface area (Å²) in [7, 11) is 1.72. The van der Waals surface area contributed by atoms with Crippen LogP contribution in [0.15, 0.2) is 42.6 Å². The minimum Gasteiger partial charge on any atom is -0.496 e. The van der Waals surface area contributed by atoms with Crippen LogP contribution in [0.1, 0.15) is 22.9 Å². The molecule has 0 amide bonds. The molecule has 20 heavy (non-hydrogen) atoms. The van der Waals surface area contributed by atoms with E-state index in [0.717, 1.165) is 24.5 Å². The van der Waals surface area contributed by atoms with E-state index in [0.29, 0.717) is 6.54 Å². The fourth-order valence-corrected chi connectivity index (χ4v) is 2.91. The van der Waals surface area contributed by atoms with Gasteiger partial charge in [-0.1, -0.05) is 18.2 Å². The maximum absolute atomic E-state index is 5.98. The van der Waals surface area contributed by atoms with E-state index in [9.17, 15) is 0 Å². The third kappa shape index (κ3) is 2.28. The average molecular weight is 269 g/mol. The smallest absolute Gasteiger partial charge is 0.123 e. The molecule has 2 aromatic rings. The van der Waals surface area contributed by atoms with Crippen LogP contribution in [0.3, 0.4) is 0 Å². The Labute approximate surface area is 119 Å². The number of rotatable bonds is 4. The maximum Gasteiger partial charge on any atom is 0.123 e. The van der Waals surface area contributed by atoms with E-state index < -0.39 is 0 Å². The lowest BCUT2D eigenvalue weighted by Gasteiger charge is -2.23. The molecule has 0 saturated carbocycles. The Morgan fingerprint density at radius 2 is 2.20 bits per heavy atom. The number of pyridine rings is 1. The lowest BCUT2D eigenvalue weighted by atomic mass is 10.0. The van der Waals surface area contributed by atoms with Gasteiger partial charge in [-0.2, -0.15) is 0 Å². The highest BCUT2D eigenvalue weighted by Crippen LogP contribution is 2.38. The van der Waals surface area contributed by atoms with Gasteiger partial charge in [-0.15, -0.1) is 0 Å². The zero-order valence-electron chi connectivity index (χ0n) is 11.6. The third-order valence-electron chi connectivity index (χ3n) is 3.86. The molecule has 2 heterocycles. The Hall–Kier alpha value is -1.91. The van der Waals surface area contributed by atoms with E-state index in [1.165, 1.54) is 11.1 Å². The number of nitrogens with zero attached hydrogens (tertiary/aromatic N) is 2. The molecule has 0 aliphatic carbocycles. The molecule has 1 aliphatic heterocycles. The normalized spacial score (nSPS) is 18.0. The van der Waals surface area contributed by atoms with Crippen molar-refractivity contribution in [2.75, 3.05) is 13.7 Å². The second-order valence-corrected chi connectivity index (χ2v) is 5.01. The molecule has 4 heteroatoms.